The average Bonchev–Trinajstić information content (AvgIpc) is 3.22. The highest BCUT2D eigenvalue weighted by Crippen LogP contribution is 2.22. The third kappa shape index (κ3) is 4.42. The third-order valence-corrected chi connectivity index (χ3v) is 4.79. The van der Waals surface area contributed by atoms with Crippen molar-refractivity contribution in [2.75, 3.05) is 19.6 Å². The Kier molecular flexibility index (Phi) is 6.36. The van der Waals surface area contributed by atoms with E-state index in [0.717, 1.165) is 18.8 Å². The molecular formula is C17H26N4OS. The monoisotopic (exact) mass is 334 g/mol. The SMILES string of the molecule is CCN(CC)C(CNC(=O)c1cc(C(C)C)[nH]n1)c1ccsc1. The second kappa shape index (κ2) is 8.26. The summed E-state index contributed by atoms with van der Waals surface area (Å²) in [5, 5.41) is 14.3. The first kappa shape index (κ1) is 17.7. The van der Waals surface area contributed by atoms with Crippen LogP contribution in [0.25, 0.3) is 0 Å². The molecule has 5 nitrogen and oxygen atoms in total. The van der Waals surface area contributed by atoms with Crippen LogP contribution in [0.2, 0.25) is 0 Å². The normalized spacial score (nSPS) is 12.8. The Morgan fingerprint density at radius 3 is 2.65 bits per heavy atom. The minimum Gasteiger partial charge on any atom is -0.349 e. The summed E-state index contributed by atoms with van der Waals surface area (Å²) in [6.45, 7) is 10.9. The molecule has 0 saturated heterocycles. The zero-order valence-electron chi connectivity index (χ0n) is 14.3. The molecule has 2 N–H and O–H groups in total. The summed E-state index contributed by atoms with van der Waals surface area (Å²) in [6, 6.07) is 4.16. The van der Waals surface area contributed by atoms with Gasteiger partial charge in [0.1, 0.15) is 5.69 Å². The Balaban J connectivity index is 2.04. The lowest BCUT2D eigenvalue weighted by Gasteiger charge is -2.29. The first-order valence-corrected chi connectivity index (χ1v) is 9.10. The molecule has 0 radical (unpaired) electrons. The maximum Gasteiger partial charge on any atom is 0.271 e. The van der Waals surface area contributed by atoms with Crippen LogP contribution in [0.4, 0.5) is 0 Å². The Hall–Kier alpha value is -1.66. The van der Waals surface area contributed by atoms with Gasteiger partial charge in [0.15, 0.2) is 0 Å². The molecule has 0 aromatic carbocycles. The van der Waals surface area contributed by atoms with Gasteiger partial charge in [-0.1, -0.05) is 27.7 Å². The molecule has 0 spiro atoms. The van der Waals surface area contributed by atoms with E-state index in [2.05, 4.69) is 64.9 Å². The van der Waals surface area contributed by atoms with Crippen LogP contribution in [0.1, 0.15) is 61.4 Å². The summed E-state index contributed by atoms with van der Waals surface area (Å²) in [7, 11) is 0. The lowest BCUT2D eigenvalue weighted by Crippen LogP contribution is -2.38. The molecule has 126 valence electrons. The molecule has 2 aromatic heterocycles. The summed E-state index contributed by atoms with van der Waals surface area (Å²) >= 11 is 1.69. The molecule has 6 heteroatoms. The van der Waals surface area contributed by atoms with Crippen molar-refractivity contribution in [3.63, 3.8) is 0 Å². The number of aromatic nitrogens is 2. The molecule has 2 heterocycles. The molecule has 1 amide bonds. The van der Waals surface area contributed by atoms with Crippen molar-refractivity contribution in [2.24, 2.45) is 0 Å². The maximum absolute atomic E-state index is 12.3. The molecular weight excluding hydrogens is 308 g/mol. The van der Waals surface area contributed by atoms with E-state index in [-0.39, 0.29) is 11.9 Å². The van der Waals surface area contributed by atoms with E-state index < -0.39 is 0 Å². The standard InChI is InChI=1S/C17H26N4OS/c1-5-21(6-2)16(13-7-8-23-11-13)10-18-17(22)15-9-14(12(3)4)19-20-15/h7-9,11-12,16H,5-6,10H2,1-4H3,(H,18,22)(H,19,20). The highest BCUT2D eigenvalue weighted by molar-refractivity contribution is 7.07. The van der Waals surface area contributed by atoms with Gasteiger partial charge in [0.2, 0.25) is 0 Å². The van der Waals surface area contributed by atoms with E-state index in [1.54, 1.807) is 11.3 Å². The Bertz CT molecular complexity index is 602. The number of H-pyrrole nitrogens is 1. The fourth-order valence-corrected chi connectivity index (χ4v) is 3.32. The number of thiophene rings is 1. The third-order valence-electron chi connectivity index (χ3n) is 4.09. The molecule has 0 bridgehead atoms. The Morgan fingerprint density at radius 1 is 1.39 bits per heavy atom. The van der Waals surface area contributed by atoms with Crippen LogP contribution in [0.5, 0.6) is 0 Å². The fourth-order valence-electron chi connectivity index (χ4n) is 2.62. The molecule has 1 atom stereocenters. The van der Waals surface area contributed by atoms with E-state index in [4.69, 9.17) is 0 Å². The zero-order chi connectivity index (χ0) is 16.8. The smallest absolute Gasteiger partial charge is 0.271 e. The van der Waals surface area contributed by atoms with Crippen LogP contribution in [-0.2, 0) is 0 Å². The van der Waals surface area contributed by atoms with Gasteiger partial charge in [0, 0.05) is 12.2 Å². The van der Waals surface area contributed by atoms with Crippen LogP contribution in [0.15, 0.2) is 22.9 Å². The number of hydrogen-bond donors (Lipinski definition) is 2. The molecule has 0 aliphatic heterocycles. The summed E-state index contributed by atoms with van der Waals surface area (Å²) in [6.07, 6.45) is 0. The van der Waals surface area contributed by atoms with Crippen molar-refractivity contribution in [2.45, 2.75) is 39.7 Å². The molecule has 2 aromatic rings. The molecule has 23 heavy (non-hydrogen) atoms. The molecule has 1 unspecified atom stereocenters. The highest BCUT2D eigenvalue weighted by atomic mass is 32.1. The largest absolute Gasteiger partial charge is 0.349 e. The van der Waals surface area contributed by atoms with Crippen molar-refractivity contribution >= 4 is 17.2 Å². The number of carbonyl (C=O) groups excluding carboxylic acids is 1. The average molecular weight is 334 g/mol. The van der Waals surface area contributed by atoms with Crippen molar-refractivity contribution in [1.82, 2.24) is 20.4 Å². The number of hydrogen-bond acceptors (Lipinski definition) is 4. The van der Waals surface area contributed by atoms with Gasteiger partial charge in [0.25, 0.3) is 5.91 Å². The minimum atomic E-state index is -0.125. The number of nitrogens with one attached hydrogen (secondary N) is 2. The predicted octanol–water partition coefficient (Wildman–Crippen LogP) is 3.41. The summed E-state index contributed by atoms with van der Waals surface area (Å²) in [5.41, 5.74) is 2.69. The number of likely N-dealkylation sites (N-methyl/N-ethyl adjacent to an activating group) is 1. The van der Waals surface area contributed by atoms with Crippen molar-refractivity contribution in [3.8, 4) is 0 Å². The second-order valence-corrected chi connectivity index (χ2v) is 6.65. The van der Waals surface area contributed by atoms with Crippen LogP contribution < -0.4 is 5.32 Å². The molecule has 2 rings (SSSR count). The lowest BCUT2D eigenvalue weighted by atomic mass is 10.1. The number of carbonyl (C=O) groups is 1. The van der Waals surface area contributed by atoms with E-state index in [0.29, 0.717) is 18.2 Å². The van der Waals surface area contributed by atoms with Gasteiger partial charge in [-0.25, -0.2) is 0 Å². The van der Waals surface area contributed by atoms with Gasteiger partial charge in [-0.05, 0) is 47.5 Å². The second-order valence-electron chi connectivity index (χ2n) is 5.87. The van der Waals surface area contributed by atoms with Gasteiger partial charge < -0.3 is 5.32 Å². The molecule has 0 saturated carbocycles. The minimum absolute atomic E-state index is 0.125. The lowest BCUT2D eigenvalue weighted by molar-refractivity contribution is 0.0930. The zero-order valence-corrected chi connectivity index (χ0v) is 15.1. The van der Waals surface area contributed by atoms with Crippen molar-refractivity contribution < 1.29 is 4.79 Å². The van der Waals surface area contributed by atoms with Crippen LogP contribution in [0.3, 0.4) is 0 Å². The summed E-state index contributed by atoms with van der Waals surface area (Å²) < 4.78 is 0. The Labute approximate surface area is 142 Å². The van der Waals surface area contributed by atoms with Gasteiger partial charge >= 0.3 is 0 Å². The number of aromatic amines is 1. The predicted molar refractivity (Wildman–Crippen MR) is 95.0 cm³/mol. The summed E-state index contributed by atoms with van der Waals surface area (Å²) in [4.78, 5) is 14.7. The molecule has 0 aliphatic carbocycles. The van der Waals surface area contributed by atoms with Gasteiger partial charge in [-0.3, -0.25) is 14.8 Å². The Morgan fingerprint density at radius 2 is 2.13 bits per heavy atom. The summed E-state index contributed by atoms with van der Waals surface area (Å²) in [5.74, 6) is 0.207. The van der Waals surface area contributed by atoms with Crippen LogP contribution in [-0.4, -0.2) is 40.6 Å². The maximum atomic E-state index is 12.3. The van der Waals surface area contributed by atoms with E-state index >= 15 is 0 Å². The fraction of sp³-hybridized carbons (Fsp3) is 0.529. The van der Waals surface area contributed by atoms with E-state index in [1.807, 2.05) is 6.07 Å². The number of amides is 1. The quantitative estimate of drug-likeness (QED) is 0.778. The highest BCUT2D eigenvalue weighted by Gasteiger charge is 2.20. The molecule has 0 fully saturated rings. The van der Waals surface area contributed by atoms with Gasteiger partial charge in [-0.2, -0.15) is 16.4 Å². The number of rotatable bonds is 8. The van der Waals surface area contributed by atoms with Gasteiger partial charge in [0.05, 0.1) is 6.04 Å². The van der Waals surface area contributed by atoms with Crippen LogP contribution in [0, 0.1) is 0 Å². The first-order valence-electron chi connectivity index (χ1n) is 8.16. The van der Waals surface area contributed by atoms with E-state index in [1.165, 1.54) is 5.56 Å². The van der Waals surface area contributed by atoms with Crippen LogP contribution >= 0.6 is 11.3 Å². The topological polar surface area (TPSA) is 61.0 Å². The van der Waals surface area contributed by atoms with Crippen molar-refractivity contribution in [3.05, 3.63) is 39.8 Å². The first-order chi connectivity index (χ1) is 11.1. The van der Waals surface area contributed by atoms with E-state index in [9.17, 15) is 4.79 Å². The molecule has 0 aliphatic rings. The van der Waals surface area contributed by atoms with Crippen molar-refractivity contribution in [1.29, 1.82) is 0 Å². The number of nitrogens with zero attached hydrogens (tertiary/aromatic N) is 2. The van der Waals surface area contributed by atoms with Gasteiger partial charge in [-0.15, -0.1) is 0 Å².